The minimum Gasteiger partial charge on any atom is -0.497 e. The Morgan fingerprint density at radius 2 is 1.79 bits per heavy atom. The largest absolute Gasteiger partial charge is 0.497 e. The minimum absolute atomic E-state index is 0.134. The number of nitrogens with zero attached hydrogens (tertiary/aromatic N) is 2. The first-order valence-electron chi connectivity index (χ1n) is 10.5. The molecule has 0 spiro atoms. The maximum absolute atomic E-state index is 13.2. The summed E-state index contributed by atoms with van der Waals surface area (Å²) in [6.45, 7) is 4.19. The van der Waals surface area contributed by atoms with Gasteiger partial charge in [-0.3, -0.25) is 9.69 Å². The summed E-state index contributed by atoms with van der Waals surface area (Å²) < 4.78 is 5.36. The Labute approximate surface area is 168 Å². The van der Waals surface area contributed by atoms with Crippen molar-refractivity contribution in [3.8, 4) is 5.75 Å². The third kappa shape index (κ3) is 4.22. The molecule has 2 heterocycles. The fraction of sp³-hybridized carbons (Fsp3) is 0.458. The second-order valence-electron chi connectivity index (χ2n) is 7.97. The van der Waals surface area contributed by atoms with Gasteiger partial charge >= 0.3 is 0 Å². The molecular formula is C24H30N2O2. The molecule has 2 saturated heterocycles. The Morgan fingerprint density at radius 3 is 2.54 bits per heavy atom. The zero-order valence-corrected chi connectivity index (χ0v) is 16.8. The summed E-state index contributed by atoms with van der Waals surface area (Å²) in [6, 6.07) is 16.5. The molecule has 4 rings (SSSR count). The number of ether oxygens (including phenoxy) is 1. The second-order valence-corrected chi connectivity index (χ2v) is 7.97. The molecule has 2 aromatic rings. The molecule has 0 aromatic heterocycles. The van der Waals surface area contributed by atoms with Crippen LogP contribution in [0.25, 0.3) is 0 Å². The van der Waals surface area contributed by atoms with E-state index in [9.17, 15) is 4.79 Å². The first kappa shape index (κ1) is 19.0. The van der Waals surface area contributed by atoms with E-state index in [2.05, 4.69) is 29.2 Å². The smallest absolute Gasteiger partial charge is 0.254 e. The highest BCUT2D eigenvalue weighted by Gasteiger charge is 2.30. The number of rotatable bonds is 5. The summed E-state index contributed by atoms with van der Waals surface area (Å²) in [5.41, 5.74) is 3.24. The molecular weight excluding hydrogens is 348 g/mol. The van der Waals surface area contributed by atoms with Crippen LogP contribution >= 0.6 is 0 Å². The summed E-state index contributed by atoms with van der Waals surface area (Å²) >= 11 is 0. The SMILES string of the molecule is COc1cccc(C2CCCN2C(=O)c2ccc(CN3CCCCC3)cc2)c1. The van der Waals surface area contributed by atoms with Crippen molar-refractivity contribution in [2.45, 2.75) is 44.7 Å². The molecule has 0 saturated carbocycles. The molecule has 4 nitrogen and oxygen atoms in total. The predicted molar refractivity (Wildman–Crippen MR) is 112 cm³/mol. The number of likely N-dealkylation sites (tertiary alicyclic amines) is 2. The molecule has 2 aromatic carbocycles. The lowest BCUT2D eigenvalue weighted by atomic mass is 10.0. The first-order chi connectivity index (χ1) is 13.7. The van der Waals surface area contributed by atoms with Crippen LogP contribution in [0.4, 0.5) is 0 Å². The van der Waals surface area contributed by atoms with Crippen LogP contribution in [0.5, 0.6) is 5.75 Å². The van der Waals surface area contributed by atoms with Crippen LogP contribution in [-0.2, 0) is 6.54 Å². The normalized spacial score (nSPS) is 20.3. The molecule has 28 heavy (non-hydrogen) atoms. The van der Waals surface area contributed by atoms with E-state index in [-0.39, 0.29) is 11.9 Å². The van der Waals surface area contributed by atoms with Gasteiger partial charge in [0.05, 0.1) is 13.2 Å². The number of piperidine rings is 1. The molecule has 2 fully saturated rings. The van der Waals surface area contributed by atoms with Crippen LogP contribution in [-0.4, -0.2) is 42.5 Å². The Bertz CT molecular complexity index is 797. The maximum atomic E-state index is 13.2. The zero-order chi connectivity index (χ0) is 19.3. The molecule has 4 heteroatoms. The lowest BCUT2D eigenvalue weighted by Crippen LogP contribution is -2.31. The van der Waals surface area contributed by atoms with E-state index >= 15 is 0 Å². The van der Waals surface area contributed by atoms with Crippen molar-refractivity contribution in [2.75, 3.05) is 26.7 Å². The molecule has 1 atom stereocenters. The van der Waals surface area contributed by atoms with Gasteiger partial charge in [-0.05, 0) is 74.2 Å². The fourth-order valence-electron chi connectivity index (χ4n) is 4.50. The number of amides is 1. The number of hydrogen-bond donors (Lipinski definition) is 0. The molecule has 0 N–H and O–H groups in total. The molecule has 1 amide bonds. The highest BCUT2D eigenvalue weighted by atomic mass is 16.5. The van der Waals surface area contributed by atoms with Crippen LogP contribution in [0, 0.1) is 0 Å². The molecule has 2 aliphatic rings. The predicted octanol–water partition coefficient (Wildman–Crippen LogP) is 4.66. The average molecular weight is 379 g/mol. The van der Waals surface area contributed by atoms with Gasteiger partial charge in [-0.1, -0.05) is 30.7 Å². The van der Waals surface area contributed by atoms with Crippen LogP contribution in [0.3, 0.4) is 0 Å². The highest BCUT2D eigenvalue weighted by molar-refractivity contribution is 5.94. The number of benzene rings is 2. The molecule has 2 aliphatic heterocycles. The van der Waals surface area contributed by atoms with E-state index in [0.29, 0.717) is 0 Å². The van der Waals surface area contributed by atoms with Gasteiger partial charge in [0, 0.05) is 18.7 Å². The Kier molecular flexibility index (Phi) is 5.96. The number of methoxy groups -OCH3 is 1. The summed E-state index contributed by atoms with van der Waals surface area (Å²) in [6.07, 6.45) is 6.01. The van der Waals surface area contributed by atoms with E-state index in [1.165, 1.54) is 37.9 Å². The summed E-state index contributed by atoms with van der Waals surface area (Å²) in [4.78, 5) is 17.7. The minimum atomic E-state index is 0.134. The van der Waals surface area contributed by atoms with Crippen molar-refractivity contribution in [1.29, 1.82) is 0 Å². The van der Waals surface area contributed by atoms with Gasteiger partial charge in [0.1, 0.15) is 5.75 Å². The topological polar surface area (TPSA) is 32.8 Å². The number of carbonyl (C=O) groups excluding carboxylic acids is 1. The second kappa shape index (κ2) is 8.78. The van der Waals surface area contributed by atoms with Crippen molar-refractivity contribution in [3.05, 3.63) is 65.2 Å². The van der Waals surface area contributed by atoms with Crippen molar-refractivity contribution in [2.24, 2.45) is 0 Å². The molecule has 0 bridgehead atoms. The van der Waals surface area contributed by atoms with Gasteiger partial charge in [0.15, 0.2) is 0 Å². The Balaban J connectivity index is 1.45. The van der Waals surface area contributed by atoms with Crippen molar-refractivity contribution < 1.29 is 9.53 Å². The molecule has 0 aliphatic carbocycles. The van der Waals surface area contributed by atoms with E-state index in [1.54, 1.807) is 7.11 Å². The van der Waals surface area contributed by atoms with Gasteiger partial charge in [-0.2, -0.15) is 0 Å². The van der Waals surface area contributed by atoms with Crippen LogP contribution in [0.1, 0.15) is 59.6 Å². The summed E-state index contributed by atoms with van der Waals surface area (Å²) in [5.74, 6) is 0.980. The zero-order valence-electron chi connectivity index (χ0n) is 16.8. The van der Waals surface area contributed by atoms with E-state index in [4.69, 9.17) is 4.74 Å². The van der Waals surface area contributed by atoms with Gasteiger partial charge in [0.25, 0.3) is 5.91 Å². The Morgan fingerprint density at radius 1 is 1.00 bits per heavy atom. The molecule has 0 radical (unpaired) electrons. The van der Waals surface area contributed by atoms with Gasteiger partial charge in [-0.25, -0.2) is 0 Å². The third-order valence-corrected chi connectivity index (χ3v) is 6.05. The van der Waals surface area contributed by atoms with Crippen molar-refractivity contribution in [1.82, 2.24) is 9.80 Å². The summed E-state index contributed by atoms with van der Waals surface area (Å²) in [7, 11) is 1.68. The van der Waals surface area contributed by atoms with Crippen LogP contribution < -0.4 is 4.74 Å². The quantitative estimate of drug-likeness (QED) is 0.759. The lowest BCUT2D eigenvalue weighted by molar-refractivity contribution is 0.0735. The van der Waals surface area contributed by atoms with Crippen molar-refractivity contribution in [3.63, 3.8) is 0 Å². The molecule has 148 valence electrons. The maximum Gasteiger partial charge on any atom is 0.254 e. The molecule has 1 unspecified atom stereocenters. The standard InChI is InChI=1S/C24H30N2O2/c1-28-22-8-5-7-21(17-22)23-9-6-16-26(23)24(27)20-12-10-19(11-13-20)18-25-14-3-2-4-15-25/h5,7-8,10-13,17,23H,2-4,6,9,14-16,18H2,1H3. The number of hydrogen-bond acceptors (Lipinski definition) is 3. The van der Waals surface area contributed by atoms with Gasteiger partial charge in [0.2, 0.25) is 0 Å². The highest BCUT2D eigenvalue weighted by Crippen LogP contribution is 2.34. The van der Waals surface area contributed by atoms with E-state index < -0.39 is 0 Å². The summed E-state index contributed by atoms with van der Waals surface area (Å²) in [5, 5.41) is 0. The third-order valence-electron chi connectivity index (χ3n) is 6.05. The fourth-order valence-corrected chi connectivity index (χ4v) is 4.50. The Hall–Kier alpha value is -2.33. The number of carbonyl (C=O) groups is 1. The monoisotopic (exact) mass is 378 g/mol. The van der Waals surface area contributed by atoms with E-state index in [1.807, 2.05) is 29.2 Å². The van der Waals surface area contributed by atoms with Crippen molar-refractivity contribution >= 4 is 5.91 Å². The van der Waals surface area contributed by atoms with Gasteiger partial charge < -0.3 is 9.64 Å². The van der Waals surface area contributed by atoms with E-state index in [0.717, 1.165) is 42.8 Å². The van der Waals surface area contributed by atoms with Crippen LogP contribution in [0.15, 0.2) is 48.5 Å². The van der Waals surface area contributed by atoms with Crippen LogP contribution in [0.2, 0.25) is 0 Å². The van der Waals surface area contributed by atoms with Gasteiger partial charge in [-0.15, -0.1) is 0 Å². The average Bonchev–Trinajstić information content (AvgIpc) is 3.24. The first-order valence-corrected chi connectivity index (χ1v) is 10.5. The lowest BCUT2D eigenvalue weighted by Gasteiger charge is -2.27.